The first kappa shape index (κ1) is 15.0. The van der Waals surface area contributed by atoms with Gasteiger partial charge < -0.3 is 10.0 Å². The van der Waals surface area contributed by atoms with Gasteiger partial charge in [0, 0.05) is 18.8 Å². The molecular formula is C15H20N4O2. The average molecular weight is 288 g/mol. The van der Waals surface area contributed by atoms with Gasteiger partial charge in [0.1, 0.15) is 0 Å². The lowest BCUT2D eigenvalue weighted by Crippen LogP contribution is -2.21. The number of hydrogen-bond acceptors (Lipinski definition) is 4. The Bertz CT molecular complexity index is 615. The van der Waals surface area contributed by atoms with Crippen LogP contribution in [0, 0.1) is 0 Å². The first-order chi connectivity index (χ1) is 10.1. The molecule has 0 radical (unpaired) electrons. The van der Waals surface area contributed by atoms with Crippen molar-refractivity contribution in [3.8, 4) is 5.69 Å². The molecule has 1 N–H and O–H groups in total. The standard InChI is InChI=1S/C15H20N4O2/c1-4-13-14(15(20)21)16-17-19(13)12-9-7-11(8-10-12)18(5-2)6-3/h7-10H,4-6H2,1-3H3,(H,20,21). The monoisotopic (exact) mass is 288 g/mol. The summed E-state index contributed by atoms with van der Waals surface area (Å²) in [4.78, 5) is 13.4. The number of benzene rings is 1. The predicted molar refractivity (Wildman–Crippen MR) is 81.3 cm³/mol. The maximum atomic E-state index is 11.1. The summed E-state index contributed by atoms with van der Waals surface area (Å²) in [5.41, 5.74) is 2.59. The highest BCUT2D eigenvalue weighted by molar-refractivity contribution is 5.86. The molecule has 1 aromatic carbocycles. The summed E-state index contributed by atoms with van der Waals surface area (Å²) in [6.07, 6.45) is 0.562. The van der Waals surface area contributed by atoms with E-state index >= 15 is 0 Å². The highest BCUT2D eigenvalue weighted by atomic mass is 16.4. The smallest absolute Gasteiger partial charge is 0.358 e. The molecule has 112 valence electrons. The van der Waals surface area contributed by atoms with Gasteiger partial charge in [-0.3, -0.25) is 0 Å². The number of nitrogens with zero attached hydrogens (tertiary/aromatic N) is 4. The third-order valence-corrected chi connectivity index (χ3v) is 3.52. The molecule has 0 aliphatic heterocycles. The molecule has 0 saturated heterocycles. The zero-order valence-corrected chi connectivity index (χ0v) is 12.6. The van der Waals surface area contributed by atoms with Crippen molar-refractivity contribution in [3.63, 3.8) is 0 Å². The van der Waals surface area contributed by atoms with Gasteiger partial charge in [-0.2, -0.15) is 0 Å². The van der Waals surface area contributed by atoms with Crippen LogP contribution in [-0.4, -0.2) is 39.2 Å². The lowest BCUT2D eigenvalue weighted by molar-refractivity contribution is 0.0689. The van der Waals surface area contributed by atoms with E-state index in [1.165, 1.54) is 0 Å². The van der Waals surface area contributed by atoms with Crippen LogP contribution in [0.2, 0.25) is 0 Å². The SMILES string of the molecule is CCc1c(C(=O)O)nnn1-c1ccc(N(CC)CC)cc1. The fraction of sp³-hybridized carbons (Fsp3) is 0.400. The third kappa shape index (κ3) is 2.89. The summed E-state index contributed by atoms with van der Waals surface area (Å²) in [5, 5.41) is 16.8. The van der Waals surface area contributed by atoms with Gasteiger partial charge in [0.25, 0.3) is 0 Å². The zero-order chi connectivity index (χ0) is 15.4. The number of carboxylic acids is 1. The first-order valence-electron chi connectivity index (χ1n) is 7.15. The number of aromatic nitrogens is 3. The summed E-state index contributed by atoms with van der Waals surface area (Å²) >= 11 is 0. The first-order valence-corrected chi connectivity index (χ1v) is 7.15. The quantitative estimate of drug-likeness (QED) is 0.883. The Morgan fingerprint density at radius 3 is 2.29 bits per heavy atom. The molecule has 0 saturated carbocycles. The van der Waals surface area contributed by atoms with E-state index in [1.807, 2.05) is 31.2 Å². The van der Waals surface area contributed by atoms with Gasteiger partial charge in [0.15, 0.2) is 5.69 Å². The molecule has 1 heterocycles. The highest BCUT2D eigenvalue weighted by Crippen LogP contribution is 2.19. The molecule has 0 spiro atoms. The maximum absolute atomic E-state index is 11.1. The Hall–Kier alpha value is -2.37. The largest absolute Gasteiger partial charge is 0.476 e. The number of rotatable bonds is 6. The van der Waals surface area contributed by atoms with Crippen LogP contribution in [0.5, 0.6) is 0 Å². The highest BCUT2D eigenvalue weighted by Gasteiger charge is 2.18. The van der Waals surface area contributed by atoms with Crippen LogP contribution in [0.4, 0.5) is 5.69 Å². The molecule has 0 amide bonds. The van der Waals surface area contributed by atoms with Crippen LogP contribution in [-0.2, 0) is 6.42 Å². The second kappa shape index (κ2) is 6.39. The van der Waals surface area contributed by atoms with Crippen LogP contribution in [0.15, 0.2) is 24.3 Å². The van der Waals surface area contributed by atoms with Crippen LogP contribution in [0.25, 0.3) is 5.69 Å². The van der Waals surface area contributed by atoms with Gasteiger partial charge in [0.2, 0.25) is 0 Å². The van der Waals surface area contributed by atoms with E-state index in [-0.39, 0.29) is 5.69 Å². The van der Waals surface area contributed by atoms with Crippen molar-refractivity contribution in [1.82, 2.24) is 15.0 Å². The summed E-state index contributed by atoms with van der Waals surface area (Å²) in [5.74, 6) is -1.04. The molecule has 2 rings (SSSR count). The van der Waals surface area contributed by atoms with Crippen molar-refractivity contribution in [2.45, 2.75) is 27.2 Å². The van der Waals surface area contributed by atoms with Crippen molar-refractivity contribution >= 4 is 11.7 Å². The molecule has 1 aromatic heterocycles. The molecule has 0 unspecified atom stereocenters. The van der Waals surface area contributed by atoms with E-state index in [2.05, 4.69) is 29.1 Å². The van der Waals surface area contributed by atoms with Crippen molar-refractivity contribution in [2.24, 2.45) is 0 Å². The fourth-order valence-corrected chi connectivity index (χ4v) is 2.39. The Morgan fingerprint density at radius 1 is 1.19 bits per heavy atom. The number of hydrogen-bond donors (Lipinski definition) is 1. The van der Waals surface area contributed by atoms with Crippen molar-refractivity contribution in [2.75, 3.05) is 18.0 Å². The van der Waals surface area contributed by atoms with Crippen LogP contribution >= 0.6 is 0 Å². The Labute approximate surface area is 124 Å². The minimum Gasteiger partial charge on any atom is -0.476 e. The minimum atomic E-state index is -1.04. The van der Waals surface area contributed by atoms with E-state index in [0.717, 1.165) is 24.5 Å². The van der Waals surface area contributed by atoms with E-state index in [9.17, 15) is 4.79 Å². The van der Waals surface area contributed by atoms with Gasteiger partial charge in [-0.25, -0.2) is 9.48 Å². The van der Waals surface area contributed by atoms with Gasteiger partial charge in [0.05, 0.1) is 11.4 Å². The lowest BCUT2D eigenvalue weighted by atomic mass is 10.2. The van der Waals surface area contributed by atoms with Crippen LogP contribution in [0.1, 0.15) is 37.0 Å². The summed E-state index contributed by atoms with van der Waals surface area (Å²) in [6.45, 7) is 8.02. The third-order valence-electron chi connectivity index (χ3n) is 3.52. The van der Waals surface area contributed by atoms with Crippen molar-refractivity contribution in [1.29, 1.82) is 0 Å². The molecule has 0 atom stereocenters. The molecule has 2 aromatic rings. The Morgan fingerprint density at radius 2 is 1.81 bits per heavy atom. The lowest BCUT2D eigenvalue weighted by Gasteiger charge is -2.21. The maximum Gasteiger partial charge on any atom is 0.358 e. The van der Waals surface area contributed by atoms with E-state index in [0.29, 0.717) is 12.1 Å². The molecule has 6 nitrogen and oxygen atoms in total. The second-order valence-electron chi connectivity index (χ2n) is 4.64. The molecular weight excluding hydrogens is 268 g/mol. The molecule has 0 aliphatic carbocycles. The van der Waals surface area contributed by atoms with Gasteiger partial charge in [-0.1, -0.05) is 12.1 Å². The molecule has 0 aliphatic rings. The van der Waals surface area contributed by atoms with Crippen LogP contribution < -0.4 is 4.90 Å². The number of anilines is 1. The molecule has 6 heteroatoms. The second-order valence-corrected chi connectivity index (χ2v) is 4.64. The fourth-order valence-electron chi connectivity index (χ4n) is 2.39. The predicted octanol–water partition coefficient (Wildman–Crippen LogP) is 2.37. The Kier molecular flexibility index (Phi) is 4.57. The topological polar surface area (TPSA) is 71.2 Å². The van der Waals surface area contributed by atoms with Crippen LogP contribution in [0.3, 0.4) is 0 Å². The Balaban J connectivity index is 2.37. The van der Waals surface area contributed by atoms with E-state index < -0.39 is 5.97 Å². The van der Waals surface area contributed by atoms with E-state index in [1.54, 1.807) is 4.68 Å². The normalized spacial score (nSPS) is 10.6. The van der Waals surface area contributed by atoms with Gasteiger partial charge >= 0.3 is 5.97 Å². The minimum absolute atomic E-state index is 0.0188. The summed E-state index contributed by atoms with van der Waals surface area (Å²) in [6, 6.07) is 7.91. The zero-order valence-electron chi connectivity index (χ0n) is 12.6. The number of carbonyl (C=O) groups is 1. The number of aromatic carboxylic acids is 1. The molecule has 0 fully saturated rings. The number of carboxylic acid groups (broad SMARTS) is 1. The van der Waals surface area contributed by atoms with Crippen molar-refractivity contribution < 1.29 is 9.90 Å². The average Bonchev–Trinajstić information content (AvgIpc) is 2.93. The summed E-state index contributed by atoms with van der Waals surface area (Å²) in [7, 11) is 0. The molecule has 21 heavy (non-hydrogen) atoms. The van der Waals surface area contributed by atoms with Crippen molar-refractivity contribution in [3.05, 3.63) is 35.7 Å². The van der Waals surface area contributed by atoms with E-state index in [4.69, 9.17) is 5.11 Å². The van der Waals surface area contributed by atoms with Gasteiger partial charge in [-0.05, 0) is 44.5 Å². The van der Waals surface area contributed by atoms with Gasteiger partial charge in [-0.15, -0.1) is 5.10 Å². The summed E-state index contributed by atoms with van der Waals surface area (Å²) < 4.78 is 1.59. The molecule has 0 bridgehead atoms.